The molecule has 1 rings (SSSR count). The van der Waals surface area contributed by atoms with Gasteiger partial charge in [-0.2, -0.15) is 5.10 Å². The predicted octanol–water partition coefficient (Wildman–Crippen LogP) is 1.25. The first-order chi connectivity index (χ1) is 8.27. The van der Waals surface area contributed by atoms with E-state index in [1.165, 1.54) is 0 Å². The van der Waals surface area contributed by atoms with Crippen LogP contribution in [-0.2, 0) is 6.54 Å². The SMILES string of the molecule is CCn1nc(C)cc1C(=O)NCC(C)(C)C(N)=S. The molecule has 3 N–H and O–H groups in total. The van der Waals surface area contributed by atoms with Crippen LogP contribution < -0.4 is 11.1 Å². The van der Waals surface area contributed by atoms with Crippen LogP contribution in [0.15, 0.2) is 6.07 Å². The lowest BCUT2D eigenvalue weighted by molar-refractivity contribution is 0.0934. The third-order valence-electron chi connectivity index (χ3n) is 2.79. The molecular formula is C12H20N4OS. The molecule has 1 amide bonds. The molecule has 0 atom stereocenters. The van der Waals surface area contributed by atoms with Gasteiger partial charge in [-0.05, 0) is 19.9 Å². The molecule has 0 aliphatic rings. The van der Waals surface area contributed by atoms with Gasteiger partial charge < -0.3 is 11.1 Å². The number of hydrogen-bond acceptors (Lipinski definition) is 3. The number of nitrogens with two attached hydrogens (primary N) is 1. The van der Waals surface area contributed by atoms with E-state index in [1.807, 2.05) is 27.7 Å². The topological polar surface area (TPSA) is 72.9 Å². The molecule has 0 radical (unpaired) electrons. The molecule has 0 aliphatic carbocycles. The van der Waals surface area contributed by atoms with Crippen LogP contribution in [0.25, 0.3) is 0 Å². The van der Waals surface area contributed by atoms with Gasteiger partial charge in [-0.1, -0.05) is 26.1 Å². The summed E-state index contributed by atoms with van der Waals surface area (Å²) in [6, 6.07) is 1.77. The Labute approximate surface area is 113 Å². The third kappa shape index (κ3) is 3.29. The molecule has 1 aromatic rings. The lowest BCUT2D eigenvalue weighted by Gasteiger charge is -2.23. The summed E-state index contributed by atoms with van der Waals surface area (Å²) < 4.78 is 1.68. The van der Waals surface area contributed by atoms with Crippen LogP contribution in [0.1, 0.15) is 37.0 Å². The van der Waals surface area contributed by atoms with Crippen molar-refractivity contribution in [3.63, 3.8) is 0 Å². The van der Waals surface area contributed by atoms with Gasteiger partial charge in [-0.3, -0.25) is 9.48 Å². The van der Waals surface area contributed by atoms with E-state index in [4.69, 9.17) is 18.0 Å². The van der Waals surface area contributed by atoms with Crippen molar-refractivity contribution >= 4 is 23.1 Å². The van der Waals surface area contributed by atoms with Crippen molar-refractivity contribution in [2.24, 2.45) is 11.1 Å². The Kier molecular flexibility index (Phi) is 4.45. The van der Waals surface area contributed by atoms with Crippen molar-refractivity contribution < 1.29 is 4.79 Å². The van der Waals surface area contributed by atoms with Gasteiger partial charge in [0.1, 0.15) is 5.69 Å². The van der Waals surface area contributed by atoms with Gasteiger partial charge >= 0.3 is 0 Å². The molecular weight excluding hydrogens is 248 g/mol. The van der Waals surface area contributed by atoms with E-state index in [0.717, 1.165) is 5.69 Å². The first-order valence-electron chi connectivity index (χ1n) is 5.90. The largest absolute Gasteiger partial charge is 0.393 e. The van der Waals surface area contributed by atoms with Crippen LogP contribution in [0, 0.1) is 12.3 Å². The average Bonchev–Trinajstić information content (AvgIpc) is 2.67. The minimum atomic E-state index is -0.392. The van der Waals surface area contributed by atoms with Gasteiger partial charge in [-0.25, -0.2) is 0 Å². The number of carbonyl (C=O) groups excluding carboxylic acids is 1. The van der Waals surface area contributed by atoms with E-state index < -0.39 is 5.41 Å². The van der Waals surface area contributed by atoms with Gasteiger partial charge in [0.2, 0.25) is 0 Å². The highest BCUT2D eigenvalue weighted by atomic mass is 32.1. The highest BCUT2D eigenvalue weighted by Gasteiger charge is 2.23. The van der Waals surface area contributed by atoms with Crippen molar-refractivity contribution in [3.05, 3.63) is 17.5 Å². The predicted molar refractivity (Wildman–Crippen MR) is 75.5 cm³/mol. The summed E-state index contributed by atoms with van der Waals surface area (Å²) in [6.45, 7) is 8.68. The second-order valence-electron chi connectivity index (χ2n) is 4.92. The zero-order valence-electron chi connectivity index (χ0n) is 11.3. The summed E-state index contributed by atoms with van der Waals surface area (Å²) in [7, 11) is 0. The van der Waals surface area contributed by atoms with Gasteiger partial charge in [0, 0.05) is 18.5 Å². The zero-order chi connectivity index (χ0) is 13.9. The minimum Gasteiger partial charge on any atom is -0.393 e. The highest BCUT2D eigenvalue weighted by Crippen LogP contribution is 2.14. The Morgan fingerprint density at radius 1 is 1.61 bits per heavy atom. The molecule has 5 nitrogen and oxygen atoms in total. The molecule has 1 heterocycles. The number of amides is 1. The number of thiocarbonyl (C=S) groups is 1. The average molecular weight is 268 g/mol. The molecule has 0 fully saturated rings. The number of hydrogen-bond donors (Lipinski definition) is 2. The summed E-state index contributed by atoms with van der Waals surface area (Å²) >= 11 is 4.96. The van der Waals surface area contributed by atoms with Crippen LogP contribution >= 0.6 is 12.2 Å². The fraction of sp³-hybridized carbons (Fsp3) is 0.583. The smallest absolute Gasteiger partial charge is 0.269 e. The molecule has 18 heavy (non-hydrogen) atoms. The van der Waals surface area contributed by atoms with E-state index >= 15 is 0 Å². The number of aryl methyl sites for hydroxylation is 2. The molecule has 0 aromatic carbocycles. The van der Waals surface area contributed by atoms with Crippen molar-refractivity contribution in [1.82, 2.24) is 15.1 Å². The lowest BCUT2D eigenvalue weighted by Crippen LogP contribution is -2.41. The first kappa shape index (κ1) is 14.6. The van der Waals surface area contributed by atoms with Gasteiger partial charge in [-0.15, -0.1) is 0 Å². The number of rotatable bonds is 5. The Morgan fingerprint density at radius 2 is 2.22 bits per heavy atom. The van der Waals surface area contributed by atoms with Crippen LogP contribution in [0.3, 0.4) is 0 Å². The Morgan fingerprint density at radius 3 is 2.72 bits per heavy atom. The van der Waals surface area contributed by atoms with E-state index in [9.17, 15) is 4.79 Å². The molecule has 0 bridgehead atoms. The maximum Gasteiger partial charge on any atom is 0.269 e. The number of nitrogens with one attached hydrogen (secondary N) is 1. The molecule has 0 unspecified atom stereocenters. The third-order valence-corrected chi connectivity index (χ3v) is 3.34. The van der Waals surface area contributed by atoms with Gasteiger partial charge in [0.05, 0.1) is 10.7 Å². The van der Waals surface area contributed by atoms with Crippen LogP contribution in [0.4, 0.5) is 0 Å². The molecule has 100 valence electrons. The van der Waals surface area contributed by atoms with Crippen LogP contribution in [-0.4, -0.2) is 27.2 Å². The van der Waals surface area contributed by atoms with Crippen molar-refractivity contribution in [3.8, 4) is 0 Å². The first-order valence-corrected chi connectivity index (χ1v) is 6.31. The Balaban J connectivity index is 2.74. The molecule has 0 aliphatic heterocycles. The molecule has 0 saturated carbocycles. The van der Waals surface area contributed by atoms with Gasteiger partial charge in [0.15, 0.2) is 0 Å². The number of aromatic nitrogens is 2. The van der Waals surface area contributed by atoms with Crippen molar-refractivity contribution in [1.29, 1.82) is 0 Å². The number of carbonyl (C=O) groups is 1. The fourth-order valence-electron chi connectivity index (χ4n) is 1.45. The highest BCUT2D eigenvalue weighted by molar-refractivity contribution is 7.80. The second-order valence-corrected chi connectivity index (χ2v) is 5.36. The van der Waals surface area contributed by atoms with E-state index in [0.29, 0.717) is 23.8 Å². The minimum absolute atomic E-state index is 0.151. The monoisotopic (exact) mass is 268 g/mol. The molecule has 6 heteroatoms. The summed E-state index contributed by atoms with van der Waals surface area (Å²) in [5.74, 6) is -0.151. The van der Waals surface area contributed by atoms with E-state index in [-0.39, 0.29) is 5.91 Å². The molecule has 0 spiro atoms. The van der Waals surface area contributed by atoms with E-state index in [2.05, 4.69) is 10.4 Å². The summed E-state index contributed by atoms with van der Waals surface area (Å²) in [5, 5.41) is 7.08. The Bertz CT molecular complexity index is 465. The number of nitrogens with zero attached hydrogens (tertiary/aromatic N) is 2. The van der Waals surface area contributed by atoms with Crippen molar-refractivity contribution in [2.45, 2.75) is 34.2 Å². The fourth-order valence-corrected chi connectivity index (χ4v) is 1.52. The Hall–Kier alpha value is -1.43. The maximum absolute atomic E-state index is 12.1. The van der Waals surface area contributed by atoms with E-state index in [1.54, 1.807) is 10.7 Å². The standard InChI is InChI=1S/C12H20N4OS/c1-5-16-9(6-8(2)15-16)10(17)14-7-12(3,4)11(13)18/h6H,5,7H2,1-4H3,(H2,13,18)(H,14,17). The van der Waals surface area contributed by atoms with Crippen LogP contribution in [0.2, 0.25) is 0 Å². The maximum atomic E-state index is 12.1. The lowest BCUT2D eigenvalue weighted by atomic mass is 9.93. The summed E-state index contributed by atoms with van der Waals surface area (Å²) in [4.78, 5) is 12.4. The summed E-state index contributed by atoms with van der Waals surface area (Å²) in [6.07, 6.45) is 0. The van der Waals surface area contributed by atoms with Gasteiger partial charge in [0.25, 0.3) is 5.91 Å². The quantitative estimate of drug-likeness (QED) is 0.788. The van der Waals surface area contributed by atoms with Crippen molar-refractivity contribution in [2.75, 3.05) is 6.54 Å². The zero-order valence-corrected chi connectivity index (χ0v) is 12.1. The molecule has 1 aromatic heterocycles. The molecule has 0 saturated heterocycles. The normalized spacial score (nSPS) is 11.3. The second kappa shape index (κ2) is 5.48. The summed E-state index contributed by atoms with van der Waals surface area (Å²) in [5.41, 5.74) is 6.62. The van der Waals surface area contributed by atoms with Crippen LogP contribution in [0.5, 0.6) is 0 Å².